The third-order valence-electron chi connectivity index (χ3n) is 14.1. The number of unbranched alkanes of at least 4 members (excludes halogenated alkanes) is 1. The molecule has 2 aliphatic heterocycles. The van der Waals surface area contributed by atoms with Crippen molar-refractivity contribution in [3.8, 4) is 0 Å². The van der Waals surface area contributed by atoms with E-state index in [1.54, 1.807) is 4.90 Å². The van der Waals surface area contributed by atoms with Gasteiger partial charge in [-0.25, -0.2) is 8.42 Å². The Morgan fingerprint density at radius 1 is 0.904 bits per heavy atom. The van der Waals surface area contributed by atoms with Crippen LogP contribution in [0.1, 0.15) is 151 Å². The number of nitrogens with zero attached hydrogens (tertiary/aromatic N) is 1. The zero-order valence-corrected chi connectivity index (χ0v) is 34.0. The highest BCUT2D eigenvalue weighted by molar-refractivity contribution is 7.92. The van der Waals surface area contributed by atoms with E-state index in [2.05, 4.69) is 13.8 Å². The zero-order valence-electron chi connectivity index (χ0n) is 33.2. The van der Waals surface area contributed by atoms with Gasteiger partial charge in [0.2, 0.25) is 11.7 Å². The van der Waals surface area contributed by atoms with E-state index in [1.807, 2.05) is 34.6 Å². The summed E-state index contributed by atoms with van der Waals surface area (Å²) in [6.45, 7) is 15.3. The van der Waals surface area contributed by atoms with Crippen molar-refractivity contribution >= 4 is 38.9 Å². The number of carbonyl (C=O) groups is 5. The number of hydrogen-bond donors (Lipinski definition) is 0. The van der Waals surface area contributed by atoms with Gasteiger partial charge in [0.15, 0.2) is 21.4 Å². The summed E-state index contributed by atoms with van der Waals surface area (Å²) in [5.41, 5.74) is -1.34. The maximum absolute atomic E-state index is 14.7. The summed E-state index contributed by atoms with van der Waals surface area (Å²) in [4.78, 5) is 71.2. The predicted molar refractivity (Wildman–Crippen MR) is 201 cm³/mol. The van der Waals surface area contributed by atoms with Gasteiger partial charge < -0.3 is 9.64 Å². The molecule has 0 radical (unpaired) electrons. The standard InChI is InChI=1S/C42H67NO8S/c1-8-9-13-29(37(47)34(46)22-28-14-15-28)23-33(45)36-35-32(40(35,5)6)26-43(36)38(48)31(39(2,3)4)24-30(44)25-42(16-11-10-12-17-42)27-52(49,50)41(7)18-20-51-21-19-41/h28-29,31-32,35-36H,8-27H2,1-7H3/t29-,31-,32+,35+,36-/m1/s1. The van der Waals surface area contributed by atoms with Crippen LogP contribution in [0.4, 0.5) is 0 Å². The van der Waals surface area contributed by atoms with E-state index in [4.69, 9.17) is 4.74 Å². The van der Waals surface area contributed by atoms with Crippen LogP contribution in [0.25, 0.3) is 0 Å². The molecular weight excluding hydrogens is 679 g/mol. The van der Waals surface area contributed by atoms with E-state index in [-0.39, 0.29) is 71.9 Å². The number of Topliss-reactive ketones (excluding diaryl/α,β-unsaturated/α-hetero) is 4. The van der Waals surface area contributed by atoms with Gasteiger partial charge in [-0.3, -0.25) is 24.0 Å². The van der Waals surface area contributed by atoms with Crippen molar-refractivity contribution in [1.82, 2.24) is 4.90 Å². The first-order chi connectivity index (χ1) is 24.3. The maximum atomic E-state index is 14.7. The first-order valence-corrected chi connectivity index (χ1v) is 22.1. The van der Waals surface area contributed by atoms with Crippen LogP contribution in [0.15, 0.2) is 0 Å². The molecule has 0 aromatic heterocycles. The van der Waals surface area contributed by atoms with Crippen LogP contribution in [-0.2, 0) is 38.5 Å². The van der Waals surface area contributed by atoms with E-state index < -0.39 is 49.1 Å². The number of amides is 1. The fourth-order valence-corrected chi connectivity index (χ4v) is 12.3. The van der Waals surface area contributed by atoms with Gasteiger partial charge in [-0.2, -0.15) is 0 Å². The molecule has 2 saturated heterocycles. The number of rotatable bonds is 18. The lowest BCUT2D eigenvalue weighted by Gasteiger charge is -2.42. The van der Waals surface area contributed by atoms with Crippen molar-refractivity contribution in [2.24, 2.45) is 45.8 Å². The highest BCUT2D eigenvalue weighted by Gasteiger charge is 2.69. The molecule has 1 amide bonds. The molecule has 5 aliphatic rings. The second-order valence-corrected chi connectivity index (χ2v) is 22.1. The zero-order chi connectivity index (χ0) is 38.3. The molecule has 2 heterocycles. The molecule has 5 fully saturated rings. The third-order valence-corrected chi connectivity index (χ3v) is 17.0. The molecule has 10 heteroatoms. The Bertz CT molecular complexity index is 1470. The van der Waals surface area contributed by atoms with Crippen LogP contribution < -0.4 is 0 Å². The van der Waals surface area contributed by atoms with Gasteiger partial charge in [0.05, 0.1) is 16.5 Å². The van der Waals surface area contributed by atoms with Crippen LogP contribution >= 0.6 is 0 Å². The van der Waals surface area contributed by atoms with Gasteiger partial charge in [0, 0.05) is 57.3 Å². The predicted octanol–water partition coefficient (Wildman–Crippen LogP) is 7.12. The minimum Gasteiger partial charge on any atom is -0.381 e. The Labute approximate surface area is 313 Å². The molecule has 0 N–H and O–H groups in total. The second kappa shape index (κ2) is 15.7. The van der Waals surface area contributed by atoms with Crippen LogP contribution in [0, 0.1) is 45.8 Å². The van der Waals surface area contributed by atoms with Gasteiger partial charge >= 0.3 is 0 Å². The van der Waals surface area contributed by atoms with E-state index in [1.165, 1.54) is 0 Å². The largest absolute Gasteiger partial charge is 0.381 e. The van der Waals surface area contributed by atoms with Gasteiger partial charge in [0.1, 0.15) is 5.78 Å². The van der Waals surface area contributed by atoms with Crippen LogP contribution in [0.3, 0.4) is 0 Å². The number of likely N-dealkylation sites (tertiary alicyclic amines) is 1. The number of ketones is 4. The highest BCUT2D eigenvalue weighted by atomic mass is 32.2. The summed E-state index contributed by atoms with van der Waals surface area (Å²) in [5.74, 6) is -2.17. The Hall–Kier alpha value is -1.94. The first kappa shape index (κ1) is 41.2. The fourth-order valence-electron chi connectivity index (χ4n) is 9.98. The summed E-state index contributed by atoms with van der Waals surface area (Å²) in [5, 5.41) is 0. The van der Waals surface area contributed by atoms with Crippen molar-refractivity contribution in [2.45, 2.75) is 162 Å². The maximum Gasteiger partial charge on any atom is 0.227 e. The topological polar surface area (TPSA) is 132 Å². The molecule has 5 rings (SSSR count). The highest BCUT2D eigenvalue weighted by Crippen LogP contribution is 2.65. The average Bonchev–Trinajstić information content (AvgIpc) is 3.92. The van der Waals surface area contributed by atoms with Crippen molar-refractivity contribution in [3.05, 3.63) is 0 Å². The summed E-state index contributed by atoms with van der Waals surface area (Å²) < 4.78 is 32.6. The lowest BCUT2D eigenvalue weighted by Crippen LogP contribution is -2.51. The minimum absolute atomic E-state index is 0.00133. The number of ether oxygens (including phenoxy) is 1. The summed E-state index contributed by atoms with van der Waals surface area (Å²) in [6.07, 6.45) is 9.46. The average molecular weight is 746 g/mol. The Morgan fingerprint density at radius 2 is 1.54 bits per heavy atom. The molecular formula is C42H67NO8S. The lowest BCUT2D eigenvalue weighted by atomic mass is 9.70. The fraction of sp³-hybridized carbons (Fsp3) is 0.881. The SMILES string of the molecule is CCCC[C@H](CC(=O)[C@@H]1[C@@H]2[C@H](CN1C(=O)[C@@H](CC(=O)CC1(CS(=O)(=O)C3(C)CCOCC3)CCCCC1)C(C)(C)C)C2(C)C)C(=O)C(=O)CC1CC1. The van der Waals surface area contributed by atoms with Gasteiger partial charge in [-0.05, 0) is 85.9 Å². The van der Waals surface area contributed by atoms with Crippen molar-refractivity contribution < 1.29 is 37.1 Å². The second-order valence-electron chi connectivity index (χ2n) is 19.6. The number of carbonyl (C=O) groups excluding carboxylic acids is 5. The molecule has 0 spiro atoms. The smallest absolute Gasteiger partial charge is 0.227 e. The number of sulfone groups is 1. The molecule has 5 atom stereocenters. The number of fused-ring (bicyclic) bond motifs is 1. The number of hydrogen-bond acceptors (Lipinski definition) is 8. The van der Waals surface area contributed by atoms with E-state index >= 15 is 0 Å². The Morgan fingerprint density at radius 3 is 2.12 bits per heavy atom. The van der Waals surface area contributed by atoms with Gasteiger partial charge in [-0.15, -0.1) is 0 Å². The molecule has 0 aromatic carbocycles. The van der Waals surface area contributed by atoms with E-state index in [0.29, 0.717) is 57.8 Å². The Balaban J connectivity index is 1.33. The molecule has 3 saturated carbocycles. The molecule has 0 bridgehead atoms. The van der Waals surface area contributed by atoms with Crippen molar-refractivity contribution in [2.75, 3.05) is 25.5 Å². The Kier molecular flexibility index (Phi) is 12.4. The van der Waals surface area contributed by atoms with Crippen LogP contribution in [-0.4, -0.2) is 78.7 Å². The minimum atomic E-state index is -3.52. The summed E-state index contributed by atoms with van der Waals surface area (Å²) in [6, 6.07) is -0.682. The monoisotopic (exact) mass is 745 g/mol. The van der Waals surface area contributed by atoms with Gasteiger partial charge in [0.25, 0.3) is 0 Å². The lowest BCUT2D eigenvalue weighted by molar-refractivity contribution is -0.148. The molecule has 52 heavy (non-hydrogen) atoms. The molecule has 0 unspecified atom stereocenters. The quantitative estimate of drug-likeness (QED) is 0.136. The van der Waals surface area contributed by atoms with Crippen molar-refractivity contribution in [1.29, 1.82) is 0 Å². The van der Waals surface area contributed by atoms with E-state index in [9.17, 15) is 32.4 Å². The summed E-state index contributed by atoms with van der Waals surface area (Å²) >= 11 is 0. The number of piperidine rings is 1. The van der Waals surface area contributed by atoms with Crippen LogP contribution in [0.5, 0.6) is 0 Å². The first-order valence-electron chi connectivity index (χ1n) is 20.5. The van der Waals surface area contributed by atoms with Gasteiger partial charge in [-0.1, -0.05) is 73.6 Å². The molecule has 3 aliphatic carbocycles. The molecule has 9 nitrogen and oxygen atoms in total. The third kappa shape index (κ3) is 8.95. The summed E-state index contributed by atoms with van der Waals surface area (Å²) in [7, 11) is -3.52. The van der Waals surface area contributed by atoms with Crippen LogP contribution in [0.2, 0.25) is 0 Å². The van der Waals surface area contributed by atoms with E-state index in [0.717, 1.165) is 44.9 Å². The molecule has 294 valence electrons. The normalized spacial score (nSPS) is 27.7. The molecule has 0 aromatic rings. The van der Waals surface area contributed by atoms with Crippen molar-refractivity contribution in [3.63, 3.8) is 0 Å².